The largest absolute Gasteiger partial charge is 0.493 e. The Bertz CT molecular complexity index is 1200. The molecule has 0 spiro atoms. The molecule has 39 heavy (non-hydrogen) atoms. The van der Waals surface area contributed by atoms with Gasteiger partial charge in [-0.1, -0.05) is 60.7 Å². The van der Waals surface area contributed by atoms with Gasteiger partial charge in [-0.05, 0) is 65.5 Å². The van der Waals surface area contributed by atoms with Crippen molar-refractivity contribution >= 4 is 11.6 Å². The third-order valence-corrected chi connectivity index (χ3v) is 7.19. The molecule has 0 N–H and O–H groups in total. The zero-order chi connectivity index (χ0) is 27.8. The first kappa shape index (κ1) is 28.8. The van der Waals surface area contributed by atoms with Gasteiger partial charge in [0.15, 0.2) is 5.69 Å². The average Bonchev–Trinajstić information content (AvgIpc) is 3.19. The fourth-order valence-electron chi connectivity index (χ4n) is 5.32. The van der Waals surface area contributed by atoms with Gasteiger partial charge in [-0.25, -0.2) is 0 Å². The van der Waals surface area contributed by atoms with E-state index in [-0.39, 0.29) is 0 Å². The first-order valence-electron chi connectivity index (χ1n) is 14.0. The molecule has 1 aliphatic rings. The predicted octanol–water partition coefficient (Wildman–Crippen LogP) is 5.99. The normalized spacial score (nSPS) is 14.0. The average molecular weight is 530 g/mol. The Morgan fingerprint density at radius 2 is 1.23 bits per heavy atom. The molecule has 208 valence electrons. The second kappa shape index (κ2) is 13.2. The highest BCUT2D eigenvalue weighted by Gasteiger charge is 2.45. The summed E-state index contributed by atoms with van der Waals surface area (Å²) in [7, 11) is 8.38. The van der Waals surface area contributed by atoms with Gasteiger partial charge >= 0.3 is 0 Å². The lowest BCUT2D eigenvalue weighted by atomic mass is 9.99. The summed E-state index contributed by atoms with van der Waals surface area (Å²) in [4.78, 5) is 4.38. The standard InChI is InChI=1S/C33H45N4O2/c1-26-23-30-31(27(2)32(26)38-21-13-19-35(3)4)33(39-22-14-20-36(5)6)34-37(30,24-28-15-9-7-10-16-28)25-29-17-11-8-12-18-29/h7-12,15-18,23H,13-14,19-22,24-25H2,1-6H3/q+1. The summed E-state index contributed by atoms with van der Waals surface area (Å²) in [5.41, 5.74) is 7.01. The van der Waals surface area contributed by atoms with E-state index < -0.39 is 0 Å². The lowest BCUT2D eigenvalue weighted by molar-refractivity contribution is 0.245. The Hall–Kier alpha value is -3.19. The number of aryl methyl sites for hydroxylation is 1. The molecule has 0 fully saturated rings. The number of rotatable bonds is 13. The van der Waals surface area contributed by atoms with E-state index in [0.717, 1.165) is 67.4 Å². The lowest BCUT2D eigenvalue weighted by Crippen LogP contribution is -2.41. The fraction of sp³-hybridized carbons (Fsp3) is 0.424. The highest BCUT2D eigenvalue weighted by molar-refractivity contribution is 6.04. The molecule has 0 aliphatic carbocycles. The second-order valence-electron chi connectivity index (χ2n) is 11.2. The van der Waals surface area contributed by atoms with Crippen LogP contribution >= 0.6 is 0 Å². The van der Waals surface area contributed by atoms with E-state index in [1.54, 1.807) is 0 Å². The molecule has 3 aromatic carbocycles. The van der Waals surface area contributed by atoms with Crippen LogP contribution in [0.15, 0.2) is 71.8 Å². The maximum absolute atomic E-state index is 6.49. The molecule has 3 aromatic rings. The van der Waals surface area contributed by atoms with Gasteiger partial charge in [-0.3, -0.25) is 0 Å². The van der Waals surface area contributed by atoms with Crippen molar-refractivity contribution in [3.05, 3.63) is 94.5 Å². The van der Waals surface area contributed by atoms with Gasteiger partial charge in [-0.15, -0.1) is 0 Å². The molecule has 4 rings (SSSR count). The van der Waals surface area contributed by atoms with E-state index in [1.165, 1.54) is 16.8 Å². The molecular formula is C33H45N4O2+. The summed E-state index contributed by atoms with van der Waals surface area (Å²) in [6.07, 6.45) is 1.92. The highest BCUT2D eigenvalue weighted by Crippen LogP contribution is 2.45. The van der Waals surface area contributed by atoms with E-state index in [9.17, 15) is 0 Å². The molecule has 0 bridgehead atoms. The summed E-state index contributed by atoms with van der Waals surface area (Å²) in [6.45, 7) is 9.09. The van der Waals surface area contributed by atoms with Crippen molar-refractivity contribution < 1.29 is 9.47 Å². The first-order valence-corrected chi connectivity index (χ1v) is 14.0. The van der Waals surface area contributed by atoms with Crippen molar-refractivity contribution in [2.75, 3.05) is 54.5 Å². The van der Waals surface area contributed by atoms with E-state index in [2.05, 4.69) is 119 Å². The molecule has 6 heteroatoms. The monoisotopic (exact) mass is 529 g/mol. The smallest absolute Gasteiger partial charge is 0.281 e. The topological polar surface area (TPSA) is 37.3 Å². The number of nitrogens with zero attached hydrogens (tertiary/aromatic N) is 4. The van der Waals surface area contributed by atoms with Gasteiger partial charge in [0, 0.05) is 35.8 Å². The Morgan fingerprint density at radius 3 is 1.74 bits per heavy atom. The Labute approximate surface area is 235 Å². The molecule has 6 nitrogen and oxygen atoms in total. The maximum atomic E-state index is 6.49. The van der Waals surface area contributed by atoms with E-state index in [1.807, 2.05) is 0 Å². The van der Waals surface area contributed by atoms with Crippen molar-refractivity contribution in [3.63, 3.8) is 0 Å². The Kier molecular flexibility index (Phi) is 9.78. The fourth-order valence-corrected chi connectivity index (χ4v) is 5.32. The molecule has 1 aliphatic heterocycles. The maximum Gasteiger partial charge on any atom is 0.281 e. The first-order chi connectivity index (χ1) is 18.8. The van der Waals surface area contributed by atoms with E-state index in [4.69, 9.17) is 14.6 Å². The van der Waals surface area contributed by atoms with Crippen LogP contribution in [0.25, 0.3) is 0 Å². The van der Waals surface area contributed by atoms with Crippen molar-refractivity contribution in [2.45, 2.75) is 39.8 Å². The van der Waals surface area contributed by atoms with Gasteiger partial charge in [0.1, 0.15) is 24.4 Å². The highest BCUT2D eigenvalue weighted by atomic mass is 16.5. The van der Waals surface area contributed by atoms with Gasteiger partial charge in [0.2, 0.25) is 0 Å². The van der Waals surface area contributed by atoms with E-state index >= 15 is 0 Å². The molecule has 0 unspecified atom stereocenters. The van der Waals surface area contributed by atoms with Crippen LogP contribution in [-0.2, 0) is 17.8 Å². The molecule has 0 saturated heterocycles. The summed E-state index contributed by atoms with van der Waals surface area (Å²) in [5, 5.41) is 5.41. The molecular weight excluding hydrogens is 484 g/mol. The predicted molar refractivity (Wildman–Crippen MR) is 162 cm³/mol. The minimum Gasteiger partial charge on any atom is -0.493 e. The van der Waals surface area contributed by atoms with Gasteiger partial charge in [0.25, 0.3) is 5.90 Å². The van der Waals surface area contributed by atoms with Gasteiger partial charge < -0.3 is 19.3 Å². The minimum absolute atomic E-state index is 0.439. The molecule has 0 amide bonds. The van der Waals surface area contributed by atoms with Crippen LogP contribution in [0.5, 0.6) is 5.75 Å². The number of ether oxygens (including phenoxy) is 2. The molecule has 0 radical (unpaired) electrons. The van der Waals surface area contributed by atoms with Crippen LogP contribution in [0, 0.1) is 13.8 Å². The molecule has 0 saturated carbocycles. The summed E-state index contributed by atoms with van der Waals surface area (Å²) >= 11 is 0. The van der Waals surface area contributed by atoms with Crippen LogP contribution in [0.4, 0.5) is 5.69 Å². The van der Waals surface area contributed by atoms with E-state index in [0.29, 0.717) is 17.8 Å². The lowest BCUT2D eigenvalue weighted by Gasteiger charge is -2.30. The molecule has 0 atom stereocenters. The van der Waals surface area contributed by atoms with Gasteiger partial charge in [-0.2, -0.15) is 4.59 Å². The van der Waals surface area contributed by atoms with Crippen molar-refractivity contribution in [1.29, 1.82) is 0 Å². The number of hydrogen-bond acceptors (Lipinski definition) is 5. The van der Waals surface area contributed by atoms with Crippen molar-refractivity contribution in [3.8, 4) is 5.75 Å². The van der Waals surface area contributed by atoms with Crippen LogP contribution in [0.1, 0.15) is 40.7 Å². The van der Waals surface area contributed by atoms with Crippen molar-refractivity contribution in [1.82, 2.24) is 14.4 Å². The Balaban J connectivity index is 1.77. The number of hydrogen-bond donors (Lipinski definition) is 0. The van der Waals surface area contributed by atoms with Crippen LogP contribution in [-0.4, -0.2) is 70.2 Å². The summed E-state index contributed by atoms with van der Waals surface area (Å²) in [6, 6.07) is 23.6. The molecule has 0 aromatic heterocycles. The third kappa shape index (κ3) is 7.27. The number of quaternary nitrogens is 1. The SMILES string of the molecule is Cc1cc2c(c(C)c1OCCCN(C)C)C(OCCCN(C)C)=N[N+]2(Cc1ccccc1)Cc1ccccc1. The number of benzene rings is 3. The van der Waals surface area contributed by atoms with Crippen molar-refractivity contribution in [2.24, 2.45) is 5.10 Å². The second-order valence-corrected chi connectivity index (χ2v) is 11.2. The molecule has 1 heterocycles. The summed E-state index contributed by atoms with van der Waals surface area (Å²) in [5.74, 6) is 1.68. The zero-order valence-electron chi connectivity index (χ0n) is 24.6. The quantitative estimate of drug-likeness (QED) is 0.202. The van der Waals surface area contributed by atoms with Crippen LogP contribution in [0.3, 0.4) is 0 Å². The minimum atomic E-state index is 0.439. The Morgan fingerprint density at radius 1 is 0.718 bits per heavy atom. The van der Waals surface area contributed by atoms with Gasteiger partial charge in [0.05, 0.1) is 13.2 Å². The van der Waals surface area contributed by atoms with Crippen LogP contribution in [0.2, 0.25) is 0 Å². The number of fused-ring (bicyclic) bond motifs is 1. The third-order valence-electron chi connectivity index (χ3n) is 7.19. The zero-order valence-corrected chi connectivity index (χ0v) is 24.6. The van der Waals surface area contributed by atoms with Crippen LogP contribution < -0.4 is 9.33 Å². The summed E-state index contributed by atoms with van der Waals surface area (Å²) < 4.78 is 13.3.